The van der Waals surface area contributed by atoms with Gasteiger partial charge in [-0.3, -0.25) is 0 Å². The van der Waals surface area contributed by atoms with Crippen LogP contribution in [0.5, 0.6) is 0 Å². The number of anilines is 1. The lowest BCUT2D eigenvalue weighted by Crippen LogP contribution is -2.25. The molecule has 1 rings (SSSR count). The molecule has 0 saturated carbocycles. The fourth-order valence-corrected chi connectivity index (χ4v) is 2.62. The van der Waals surface area contributed by atoms with Crippen molar-refractivity contribution in [1.82, 2.24) is 0 Å². The van der Waals surface area contributed by atoms with Crippen molar-refractivity contribution in [2.45, 2.75) is 71.6 Å². The SMILES string of the molecule is CCCCCCCCCN(CCCC)c1ccccc1. The fourth-order valence-electron chi connectivity index (χ4n) is 2.62. The Kier molecular flexibility index (Phi) is 10.1. The minimum atomic E-state index is 1.20. The molecule has 1 aromatic carbocycles. The van der Waals surface area contributed by atoms with Crippen molar-refractivity contribution in [3.05, 3.63) is 30.3 Å². The summed E-state index contributed by atoms with van der Waals surface area (Å²) in [6.45, 7) is 6.98. The van der Waals surface area contributed by atoms with Crippen LogP contribution >= 0.6 is 0 Å². The third-order valence-electron chi connectivity index (χ3n) is 3.93. The molecule has 1 nitrogen and oxygen atoms in total. The van der Waals surface area contributed by atoms with Crippen LogP contribution < -0.4 is 4.90 Å². The lowest BCUT2D eigenvalue weighted by molar-refractivity contribution is 0.580. The molecule has 0 heterocycles. The third-order valence-corrected chi connectivity index (χ3v) is 3.93. The normalized spacial score (nSPS) is 10.7. The summed E-state index contributed by atoms with van der Waals surface area (Å²) < 4.78 is 0. The van der Waals surface area contributed by atoms with Crippen molar-refractivity contribution >= 4 is 5.69 Å². The van der Waals surface area contributed by atoms with Crippen LogP contribution in [0.4, 0.5) is 5.69 Å². The van der Waals surface area contributed by atoms with Gasteiger partial charge in [-0.15, -0.1) is 0 Å². The average molecular weight is 275 g/mol. The van der Waals surface area contributed by atoms with E-state index < -0.39 is 0 Å². The van der Waals surface area contributed by atoms with Crippen molar-refractivity contribution in [2.75, 3.05) is 18.0 Å². The molecular weight excluding hydrogens is 242 g/mol. The first-order valence-electron chi connectivity index (χ1n) is 8.68. The van der Waals surface area contributed by atoms with Crippen LogP contribution in [0.25, 0.3) is 0 Å². The van der Waals surface area contributed by atoms with Crippen molar-refractivity contribution in [2.24, 2.45) is 0 Å². The molecule has 1 heteroatoms. The second kappa shape index (κ2) is 11.8. The predicted octanol–water partition coefficient (Wildman–Crippen LogP) is 6.04. The summed E-state index contributed by atoms with van der Waals surface area (Å²) in [4.78, 5) is 2.57. The zero-order valence-electron chi connectivity index (χ0n) is 13.6. The molecule has 0 saturated heterocycles. The molecule has 0 bridgehead atoms. The van der Waals surface area contributed by atoms with Crippen LogP contribution in [0.3, 0.4) is 0 Å². The Hall–Kier alpha value is -0.980. The monoisotopic (exact) mass is 275 g/mol. The molecule has 0 spiro atoms. The Labute approximate surface area is 126 Å². The Morgan fingerprint density at radius 2 is 1.20 bits per heavy atom. The topological polar surface area (TPSA) is 3.24 Å². The molecule has 0 aliphatic carbocycles. The quantitative estimate of drug-likeness (QED) is 0.420. The molecule has 0 unspecified atom stereocenters. The van der Waals surface area contributed by atoms with E-state index in [0.29, 0.717) is 0 Å². The maximum Gasteiger partial charge on any atom is 0.0366 e. The molecule has 0 radical (unpaired) electrons. The number of nitrogens with zero attached hydrogens (tertiary/aromatic N) is 1. The maximum absolute atomic E-state index is 2.57. The zero-order valence-corrected chi connectivity index (χ0v) is 13.6. The van der Waals surface area contributed by atoms with Crippen molar-refractivity contribution in [3.63, 3.8) is 0 Å². The molecule has 0 aliphatic rings. The standard InChI is InChI=1S/C19H33N/c1-3-5-7-8-9-10-14-18-20(17-6-4-2)19-15-12-11-13-16-19/h11-13,15-16H,3-10,14,17-18H2,1-2H3. The van der Waals surface area contributed by atoms with Crippen molar-refractivity contribution < 1.29 is 0 Å². The van der Waals surface area contributed by atoms with Crippen LogP contribution in [0.2, 0.25) is 0 Å². The number of hydrogen-bond donors (Lipinski definition) is 0. The van der Waals surface area contributed by atoms with Crippen LogP contribution in [0.1, 0.15) is 71.6 Å². The van der Waals surface area contributed by atoms with Gasteiger partial charge in [-0.05, 0) is 25.0 Å². The van der Waals surface area contributed by atoms with Gasteiger partial charge in [-0.2, -0.15) is 0 Å². The van der Waals surface area contributed by atoms with E-state index in [2.05, 4.69) is 49.1 Å². The van der Waals surface area contributed by atoms with Gasteiger partial charge in [0, 0.05) is 18.8 Å². The summed E-state index contributed by atoms with van der Waals surface area (Å²) in [5, 5.41) is 0. The summed E-state index contributed by atoms with van der Waals surface area (Å²) in [6.07, 6.45) is 12.3. The first-order chi connectivity index (χ1) is 9.88. The molecule has 0 atom stereocenters. The van der Waals surface area contributed by atoms with Crippen LogP contribution in [0.15, 0.2) is 30.3 Å². The van der Waals surface area contributed by atoms with E-state index in [9.17, 15) is 0 Å². The fraction of sp³-hybridized carbons (Fsp3) is 0.684. The highest BCUT2D eigenvalue weighted by Gasteiger charge is 2.04. The zero-order chi connectivity index (χ0) is 14.5. The van der Waals surface area contributed by atoms with Crippen LogP contribution in [-0.2, 0) is 0 Å². The molecule has 0 N–H and O–H groups in total. The highest BCUT2D eigenvalue weighted by molar-refractivity contribution is 5.45. The Morgan fingerprint density at radius 3 is 1.85 bits per heavy atom. The number of para-hydroxylation sites is 1. The summed E-state index contributed by atoms with van der Waals surface area (Å²) in [6, 6.07) is 10.9. The molecule has 1 aromatic rings. The van der Waals surface area contributed by atoms with Crippen molar-refractivity contribution in [3.8, 4) is 0 Å². The van der Waals surface area contributed by atoms with Gasteiger partial charge < -0.3 is 4.90 Å². The Bertz CT molecular complexity index is 307. The van der Waals surface area contributed by atoms with E-state index in [-0.39, 0.29) is 0 Å². The number of benzene rings is 1. The predicted molar refractivity (Wildman–Crippen MR) is 91.6 cm³/mol. The lowest BCUT2D eigenvalue weighted by atomic mass is 10.1. The molecule has 20 heavy (non-hydrogen) atoms. The van der Waals surface area contributed by atoms with Crippen LogP contribution in [0, 0.1) is 0 Å². The number of rotatable bonds is 12. The summed E-state index contributed by atoms with van der Waals surface area (Å²) >= 11 is 0. The summed E-state index contributed by atoms with van der Waals surface area (Å²) in [5.74, 6) is 0. The van der Waals surface area contributed by atoms with Gasteiger partial charge >= 0.3 is 0 Å². The Morgan fingerprint density at radius 1 is 0.650 bits per heavy atom. The largest absolute Gasteiger partial charge is 0.372 e. The van der Waals surface area contributed by atoms with Crippen LogP contribution in [-0.4, -0.2) is 13.1 Å². The minimum absolute atomic E-state index is 1.20. The van der Waals surface area contributed by atoms with Gasteiger partial charge in [0.1, 0.15) is 0 Å². The third kappa shape index (κ3) is 7.57. The van der Waals surface area contributed by atoms with E-state index in [0.717, 1.165) is 0 Å². The number of unbranched alkanes of at least 4 members (excludes halogenated alkanes) is 7. The van der Waals surface area contributed by atoms with E-state index in [1.165, 1.54) is 76.6 Å². The summed E-state index contributed by atoms with van der Waals surface area (Å²) in [5.41, 5.74) is 1.40. The van der Waals surface area contributed by atoms with Gasteiger partial charge in [-0.25, -0.2) is 0 Å². The average Bonchev–Trinajstić information content (AvgIpc) is 2.50. The van der Waals surface area contributed by atoms with Crippen molar-refractivity contribution in [1.29, 1.82) is 0 Å². The second-order valence-electron chi connectivity index (χ2n) is 5.80. The smallest absolute Gasteiger partial charge is 0.0366 e. The first-order valence-corrected chi connectivity index (χ1v) is 8.68. The molecule has 0 aromatic heterocycles. The van der Waals surface area contributed by atoms with Gasteiger partial charge in [0.2, 0.25) is 0 Å². The molecule has 0 fully saturated rings. The lowest BCUT2D eigenvalue weighted by Gasteiger charge is -2.24. The molecule has 0 aliphatic heterocycles. The van der Waals surface area contributed by atoms with E-state index >= 15 is 0 Å². The second-order valence-corrected chi connectivity index (χ2v) is 5.80. The van der Waals surface area contributed by atoms with Gasteiger partial charge in [0.25, 0.3) is 0 Å². The minimum Gasteiger partial charge on any atom is -0.372 e. The summed E-state index contributed by atoms with van der Waals surface area (Å²) in [7, 11) is 0. The molecule has 0 amide bonds. The van der Waals surface area contributed by atoms with E-state index in [4.69, 9.17) is 0 Å². The molecular formula is C19H33N. The van der Waals surface area contributed by atoms with E-state index in [1.54, 1.807) is 0 Å². The highest BCUT2D eigenvalue weighted by Crippen LogP contribution is 2.16. The number of hydrogen-bond acceptors (Lipinski definition) is 1. The van der Waals surface area contributed by atoms with Gasteiger partial charge in [0.05, 0.1) is 0 Å². The maximum atomic E-state index is 2.57. The van der Waals surface area contributed by atoms with E-state index in [1.807, 2.05) is 0 Å². The highest BCUT2D eigenvalue weighted by atomic mass is 15.1. The molecule has 114 valence electrons. The first kappa shape index (κ1) is 17.1. The van der Waals surface area contributed by atoms with Gasteiger partial charge in [-0.1, -0.05) is 77.0 Å². The van der Waals surface area contributed by atoms with Gasteiger partial charge in [0.15, 0.2) is 0 Å². The Balaban J connectivity index is 2.24.